The van der Waals surface area contributed by atoms with Gasteiger partial charge in [0, 0.05) is 32.9 Å². The maximum absolute atomic E-state index is 8.04. The molecular formula is C10H7BrClN3. The summed E-state index contributed by atoms with van der Waals surface area (Å²) in [6.45, 7) is 0.394. The van der Waals surface area contributed by atoms with Crippen LogP contribution in [0.25, 0.3) is 10.4 Å². The van der Waals surface area contributed by atoms with Crippen molar-refractivity contribution in [3.63, 3.8) is 0 Å². The Bertz CT molecular complexity index is 435. The third-order valence-electron chi connectivity index (χ3n) is 1.50. The minimum absolute atomic E-state index is 0.394. The molecule has 5 heteroatoms. The van der Waals surface area contributed by atoms with Crippen molar-refractivity contribution < 1.29 is 0 Å². The molecule has 3 nitrogen and oxygen atoms in total. The monoisotopic (exact) mass is 283 g/mol. The van der Waals surface area contributed by atoms with Gasteiger partial charge < -0.3 is 0 Å². The summed E-state index contributed by atoms with van der Waals surface area (Å²) in [6, 6.07) is 5.46. The van der Waals surface area contributed by atoms with E-state index in [1.165, 1.54) is 0 Å². The Morgan fingerprint density at radius 1 is 1.47 bits per heavy atom. The van der Waals surface area contributed by atoms with E-state index < -0.39 is 0 Å². The zero-order valence-corrected chi connectivity index (χ0v) is 10.1. The molecule has 0 aliphatic heterocycles. The van der Waals surface area contributed by atoms with Crippen LogP contribution >= 0.6 is 27.5 Å². The van der Waals surface area contributed by atoms with Gasteiger partial charge in [-0.15, -0.1) is 0 Å². The molecule has 0 aliphatic carbocycles. The second kappa shape index (κ2) is 6.36. The summed E-state index contributed by atoms with van der Waals surface area (Å²) in [6.07, 6.45) is 0.550. The number of rotatable bonds is 2. The van der Waals surface area contributed by atoms with Gasteiger partial charge in [0.1, 0.15) is 0 Å². The molecule has 0 heterocycles. The van der Waals surface area contributed by atoms with Gasteiger partial charge in [-0.05, 0) is 23.7 Å². The number of hydrogen-bond acceptors (Lipinski definition) is 1. The van der Waals surface area contributed by atoms with E-state index in [0.717, 1.165) is 10.0 Å². The molecule has 1 aromatic rings. The molecule has 0 aromatic heterocycles. The number of hydrogen-bond donors (Lipinski definition) is 0. The predicted molar refractivity (Wildman–Crippen MR) is 64.7 cm³/mol. The van der Waals surface area contributed by atoms with Crippen molar-refractivity contribution >= 4 is 27.5 Å². The van der Waals surface area contributed by atoms with E-state index >= 15 is 0 Å². The lowest BCUT2D eigenvalue weighted by Crippen LogP contribution is -1.77. The van der Waals surface area contributed by atoms with Crippen LogP contribution in [0.3, 0.4) is 0 Å². The largest absolute Gasteiger partial charge is 0.0978 e. The van der Waals surface area contributed by atoms with Crippen molar-refractivity contribution in [3.8, 4) is 11.8 Å². The quantitative estimate of drug-likeness (QED) is 0.257. The molecule has 0 N–H and O–H groups in total. The number of benzene rings is 1. The fourth-order valence-corrected chi connectivity index (χ4v) is 1.80. The van der Waals surface area contributed by atoms with Gasteiger partial charge in [-0.25, -0.2) is 0 Å². The number of azide groups is 1. The summed E-state index contributed by atoms with van der Waals surface area (Å²) in [5.41, 5.74) is 8.88. The summed E-state index contributed by atoms with van der Waals surface area (Å²) < 4.78 is 0.898. The van der Waals surface area contributed by atoms with E-state index in [9.17, 15) is 0 Å². The molecule has 0 amide bonds. The maximum atomic E-state index is 8.04. The average Bonchev–Trinajstić information content (AvgIpc) is 2.16. The summed E-state index contributed by atoms with van der Waals surface area (Å²) >= 11 is 9.18. The first-order valence-electron chi connectivity index (χ1n) is 4.18. The van der Waals surface area contributed by atoms with Crippen LogP contribution in [0.2, 0.25) is 5.02 Å². The molecular weight excluding hydrogens is 277 g/mol. The first-order valence-corrected chi connectivity index (χ1v) is 5.35. The van der Waals surface area contributed by atoms with E-state index in [4.69, 9.17) is 17.1 Å². The Morgan fingerprint density at radius 3 is 2.93 bits per heavy atom. The molecule has 15 heavy (non-hydrogen) atoms. The van der Waals surface area contributed by atoms with Gasteiger partial charge in [-0.2, -0.15) is 0 Å². The molecule has 76 valence electrons. The van der Waals surface area contributed by atoms with Crippen molar-refractivity contribution in [1.29, 1.82) is 0 Å². The summed E-state index contributed by atoms with van der Waals surface area (Å²) in [5, 5.41) is 4.02. The second-order valence-corrected chi connectivity index (χ2v) is 4.02. The van der Waals surface area contributed by atoms with Crippen molar-refractivity contribution in [3.05, 3.63) is 43.7 Å². The number of halogens is 2. The van der Waals surface area contributed by atoms with Crippen molar-refractivity contribution in [1.82, 2.24) is 0 Å². The lowest BCUT2D eigenvalue weighted by atomic mass is 10.2. The molecule has 0 fully saturated rings. The fourth-order valence-electron chi connectivity index (χ4n) is 0.941. The molecule has 1 rings (SSSR count). The van der Waals surface area contributed by atoms with Gasteiger partial charge in [0.25, 0.3) is 0 Å². The Labute approximate surface area is 101 Å². The maximum Gasteiger partial charge on any atom is 0.0429 e. The highest BCUT2D eigenvalue weighted by molar-refractivity contribution is 9.10. The normalized spacial score (nSPS) is 8.67. The number of nitrogens with zero attached hydrogens (tertiary/aromatic N) is 3. The van der Waals surface area contributed by atoms with E-state index in [1.807, 2.05) is 6.07 Å². The smallest absolute Gasteiger partial charge is 0.0429 e. The molecule has 0 unspecified atom stereocenters. The second-order valence-electron chi connectivity index (χ2n) is 2.66. The summed E-state index contributed by atoms with van der Waals surface area (Å²) in [7, 11) is 0. The standard InChI is InChI=1S/C10H7BrClN3/c11-9-5-8(6-10(12)7-9)3-1-2-4-14-15-13/h5-7H,2,4H2. The van der Waals surface area contributed by atoms with Crippen LogP contribution in [-0.2, 0) is 0 Å². The van der Waals surface area contributed by atoms with E-state index in [1.54, 1.807) is 12.1 Å². The summed E-state index contributed by atoms with van der Waals surface area (Å²) in [4.78, 5) is 2.64. The zero-order valence-electron chi connectivity index (χ0n) is 7.74. The lowest BCUT2D eigenvalue weighted by Gasteiger charge is -1.94. The Morgan fingerprint density at radius 2 is 2.27 bits per heavy atom. The highest BCUT2D eigenvalue weighted by atomic mass is 79.9. The van der Waals surface area contributed by atoms with Crippen molar-refractivity contribution in [2.45, 2.75) is 6.42 Å². The van der Waals surface area contributed by atoms with Gasteiger partial charge in [0.05, 0.1) is 0 Å². The molecule has 0 aliphatic rings. The van der Waals surface area contributed by atoms with Crippen LogP contribution < -0.4 is 0 Å². The van der Waals surface area contributed by atoms with Gasteiger partial charge in [-0.3, -0.25) is 0 Å². The van der Waals surface area contributed by atoms with Crippen LogP contribution in [0.1, 0.15) is 12.0 Å². The molecule has 0 radical (unpaired) electrons. The molecule has 0 saturated carbocycles. The van der Waals surface area contributed by atoms with E-state index in [-0.39, 0.29) is 0 Å². The molecule has 0 atom stereocenters. The summed E-state index contributed by atoms with van der Waals surface area (Å²) in [5.74, 6) is 5.83. The van der Waals surface area contributed by atoms with E-state index in [2.05, 4.69) is 37.8 Å². The SMILES string of the molecule is [N-]=[N+]=NCCC#Cc1cc(Cl)cc(Br)c1. The van der Waals surface area contributed by atoms with Crippen molar-refractivity contribution in [2.75, 3.05) is 6.54 Å². The third-order valence-corrected chi connectivity index (χ3v) is 2.17. The van der Waals surface area contributed by atoms with Gasteiger partial charge in [0.2, 0.25) is 0 Å². The average molecular weight is 285 g/mol. The fraction of sp³-hybridized carbons (Fsp3) is 0.200. The van der Waals surface area contributed by atoms with Crippen LogP contribution in [0.5, 0.6) is 0 Å². The zero-order chi connectivity index (χ0) is 11.1. The predicted octanol–water partition coefficient (Wildman–Crippen LogP) is 4.15. The van der Waals surface area contributed by atoms with Crippen LogP contribution in [0, 0.1) is 11.8 Å². The Balaban J connectivity index is 2.67. The highest BCUT2D eigenvalue weighted by Crippen LogP contribution is 2.18. The Kier molecular flexibility index (Phi) is 5.06. The van der Waals surface area contributed by atoms with Gasteiger partial charge in [-0.1, -0.05) is 44.5 Å². The minimum atomic E-state index is 0.394. The van der Waals surface area contributed by atoms with Crippen LogP contribution in [0.15, 0.2) is 27.8 Å². The molecule has 0 saturated heterocycles. The first kappa shape index (κ1) is 11.9. The van der Waals surface area contributed by atoms with Crippen LogP contribution in [-0.4, -0.2) is 6.54 Å². The molecule has 0 spiro atoms. The molecule has 1 aromatic carbocycles. The van der Waals surface area contributed by atoms with Gasteiger partial charge >= 0.3 is 0 Å². The first-order chi connectivity index (χ1) is 7.22. The topological polar surface area (TPSA) is 48.8 Å². The van der Waals surface area contributed by atoms with Gasteiger partial charge in [0.15, 0.2) is 0 Å². The van der Waals surface area contributed by atoms with E-state index in [0.29, 0.717) is 18.0 Å². The molecule has 0 bridgehead atoms. The third kappa shape index (κ3) is 4.75. The van der Waals surface area contributed by atoms with Crippen LogP contribution in [0.4, 0.5) is 0 Å². The Hall–Kier alpha value is -1.14. The minimum Gasteiger partial charge on any atom is -0.0978 e. The van der Waals surface area contributed by atoms with Crippen molar-refractivity contribution in [2.24, 2.45) is 5.11 Å². The lowest BCUT2D eigenvalue weighted by molar-refractivity contribution is 1.01. The highest BCUT2D eigenvalue weighted by Gasteiger charge is 1.93.